The number of primary amides is 1. The van der Waals surface area contributed by atoms with E-state index in [4.69, 9.17) is 5.73 Å². The van der Waals surface area contributed by atoms with Crippen LogP contribution < -0.4 is 16.1 Å². The van der Waals surface area contributed by atoms with E-state index in [2.05, 4.69) is 50.7 Å². The molecule has 3 rings (SSSR count). The number of hydrogen-bond acceptors (Lipinski definition) is 5. The van der Waals surface area contributed by atoms with Crippen LogP contribution in [0, 0.1) is 11.3 Å². The molecule has 2 aromatic rings. The number of urea groups is 1. The molecule has 1 heterocycles. The van der Waals surface area contributed by atoms with E-state index < -0.39 is 6.03 Å². The third-order valence-electron chi connectivity index (χ3n) is 4.49. The van der Waals surface area contributed by atoms with Crippen molar-refractivity contribution in [2.75, 3.05) is 31.1 Å². The third-order valence-corrected chi connectivity index (χ3v) is 4.49. The molecule has 0 unspecified atom stereocenters. The Balaban J connectivity index is 1.62. The first-order valence-electron chi connectivity index (χ1n) is 8.79. The minimum Gasteiger partial charge on any atom is -0.368 e. The number of hydrazone groups is 1. The lowest BCUT2D eigenvalue weighted by molar-refractivity contribution is 0.249. The van der Waals surface area contributed by atoms with Crippen molar-refractivity contribution in [2.45, 2.75) is 6.54 Å². The fourth-order valence-corrected chi connectivity index (χ4v) is 3.16. The maximum absolute atomic E-state index is 10.6. The Labute approximate surface area is 158 Å². The maximum atomic E-state index is 10.6. The number of carbonyl (C=O) groups is 1. The molecular weight excluding hydrogens is 340 g/mol. The van der Waals surface area contributed by atoms with Crippen LogP contribution >= 0.6 is 0 Å². The van der Waals surface area contributed by atoms with Gasteiger partial charge in [0.25, 0.3) is 0 Å². The number of nitrogens with one attached hydrogen (secondary N) is 1. The van der Waals surface area contributed by atoms with Gasteiger partial charge in [0.15, 0.2) is 0 Å². The molecule has 0 spiro atoms. The van der Waals surface area contributed by atoms with Gasteiger partial charge in [-0.3, -0.25) is 4.90 Å². The van der Waals surface area contributed by atoms with Gasteiger partial charge >= 0.3 is 6.03 Å². The van der Waals surface area contributed by atoms with Crippen LogP contribution in [0.3, 0.4) is 0 Å². The van der Waals surface area contributed by atoms with E-state index in [-0.39, 0.29) is 0 Å². The van der Waals surface area contributed by atoms with Gasteiger partial charge in [0.05, 0.1) is 17.5 Å². The van der Waals surface area contributed by atoms with Gasteiger partial charge in [0.2, 0.25) is 0 Å². The predicted molar refractivity (Wildman–Crippen MR) is 105 cm³/mol. The van der Waals surface area contributed by atoms with Gasteiger partial charge in [-0.25, -0.2) is 10.2 Å². The summed E-state index contributed by atoms with van der Waals surface area (Å²) in [4.78, 5) is 15.3. The predicted octanol–water partition coefficient (Wildman–Crippen LogP) is 1.88. The summed E-state index contributed by atoms with van der Waals surface area (Å²) in [6.45, 7) is 4.59. The second kappa shape index (κ2) is 8.83. The lowest BCUT2D eigenvalue weighted by Crippen LogP contribution is -2.46. The molecule has 1 fully saturated rings. The number of rotatable bonds is 5. The molecule has 1 aliphatic heterocycles. The molecule has 0 saturated carbocycles. The van der Waals surface area contributed by atoms with E-state index in [0.717, 1.165) is 44.0 Å². The van der Waals surface area contributed by atoms with Crippen LogP contribution in [0.4, 0.5) is 10.5 Å². The summed E-state index contributed by atoms with van der Waals surface area (Å²) in [5.41, 5.74) is 10.7. The minimum absolute atomic E-state index is 0.592. The molecule has 27 heavy (non-hydrogen) atoms. The van der Waals surface area contributed by atoms with Gasteiger partial charge in [-0.1, -0.05) is 36.4 Å². The standard InChI is InChI=1S/C20H22N6O/c21-13-18-12-17(14-23-24-20(22)27)6-7-19(18)26-10-8-25(9-11-26)15-16-4-2-1-3-5-16/h1-7,12,14H,8-11,15H2,(H3,22,24,27). The summed E-state index contributed by atoms with van der Waals surface area (Å²) in [5, 5.41) is 13.2. The van der Waals surface area contributed by atoms with E-state index in [0.29, 0.717) is 5.56 Å². The molecule has 1 saturated heterocycles. The van der Waals surface area contributed by atoms with Crippen molar-refractivity contribution in [3.8, 4) is 6.07 Å². The molecule has 138 valence electrons. The number of carbonyl (C=O) groups excluding carboxylic acids is 1. The van der Waals surface area contributed by atoms with Gasteiger partial charge in [-0.05, 0) is 23.3 Å². The Morgan fingerprint density at radius 2 is 1.93 bits per heavy atom. The number of nitrogens with two attached hydrogens (primary N) is 1. The summed E-state index contributed by atoms with van der Waals surface area (Å²) < 4.78 is 0. The van der Waals surface area contributed by atoms with Crippen molar-refractivity contribution >= 4 is 17.9 Å². The largest absolute Gasteiger partial charge is 0.368 e. The van der Waals surface area contributed by atoms with E-state index >= 15 is 0 Å². The summed E-state index contributed by atoms with van der Waals surface area (Å²) in [5.74, 6) is 0. The van der Waals surface area contributed by atoms with Crippen LogP contribution in [-0.4, -0.2) is 43.3 Å². The van der Waals surface area contributed by atoms with Crippen molar-refractivity contribution in [3.63, 3.8) is 0 Å². The first-order chi connectivity index (χ1) is 13.2. The smallest absolute Gasteiger partial charge is 0.332 e. The average Bonchev–Trinajstić information content (AvgIpc) is 2.69. The van der Waals surface area contributed by atoms with Crippen molar-refractivity contribution in [1.82, 2.24) is 10.3 Å². The molecule has 7 nitrogen and oxygen atoms in total. The quantitative estimate of drug-likeness (QED) is 0.627. The highest BCUT2D eigenvalue weighted by atomic mass is 16.2. The normalized spacial score (nSPS) is 14.9. The van der Waals surface area contributed by atoms with Crippen molar-refractivity contribution in [1.29, 1.82) is 5.26 Å². The topological polar surface area (TPSA) is 97.8 Å². The zero-order valence-electron chi connectivity index (χ0n) is 15.0. The van der Waals surface area contributed by atoms with Gasteiger partial charge in [0.1, 0.15) is 6.07 Å². The second-order valence-electron chi connectivity index (χ2n) is 6.37. The van der Waals surface area contributed by atoms with E-state index in [1.165, 1.54) is 11.8 Å². The molecule has 0 aliphatic carbocycles. The number of nitrogens with zero attached hydrogens (tertiary/aromatic N) is 4. The number of nitriles is 1. The fraction of sp³-hybridized carbons (Fsp3) is 0.250. The first-order valence-corrected chi connectivity index (χ1v) is 8.79. The van der Waals surface area contributed by atoms with Crippen LogP contribution in [0.25, 0.3) is 0 Å². The maximum Gasteiger partial charge on any atom is 0.332 e. The molecule has 0 bridgehead atoms. The molecule has 0 aromatic heterocycles. The molecule has 2 amide bonds. The van der Waals surface area contributed by atoms with Crippen molar-refractivity contribution < 1.29 is 4.79 Å². The highest BCUT2D eigenvalue weighted by Gasteiger charge is 2.19. The zero-order valence-corrected chi connectivity index (χ0v) is 15.0. The SMILES string of the molecule is N#Cc1cc(C=NNC(N)=O)ccc1N1CCN(Cc2ccccc2)CC1. The molecule has 0 radical (unpaired) electrons. The number of benzene rings is 2. The first kappa shape index (κ1) is 18.4. The Bertz CT molecular complexity index is 851. The lowest BCUT2D eigenvalue weighted by atomic mass is 10.1. The molecule has 0 atom stereocenters. The lowest BCUT2D eigenvalue weighted by Gasteiger charge is -2.36. The van der Waals surface area contributed by atoms with E-state index in [1.807, 2.05) is 18.2 Å². The number of anilines is 1. The van der Waals surface area contributed by atoms with Crippen LogP contribution in [-0.2, 0) is 6.54 Å². The van der Waals surface area contributed by atoms with E-state index in [1.54, 1.807) is 6.07 Å². The van der Waals surface area contributed by atoms with Crippen molar-refractivity contribution in [2.24, 2.45) is 10.8 Å². The third kappa shape index (κ3) is 5.06. The Kier molecular flexibility index (Phi) is 6.02. The van der Waals surface area contributed by atoms with Gasteiger partial charge in [-0.2, -0.15) is 10.4 Å². The van der Waals surface area contributed by atoms with Crippen LogP contribution in [0.1, 0.15) is 16.7 Å². The summed E-state index contributed by atoms with van der Waals surface area (Å²) >= 11 is 0. The van der Waals surface area contributed by atoms with Crippen LogP contribution in [0.2, 0.25) is 0 Å². The van der Waals surface area contributed by atoms with Crippen LogP contribution in [0.5, 0.6) is 0 Å². The monoisotopic (exact) mass is 362 g/mol. The van der Waals surface area contributed by atoms with Crippen LogP contribution in [0.15, 0.2) is 53.6 Å². The highest BCUT2D eigenvalue weighted by molar-refractivity contribution is 5.83. The van der Waals surface area contributed by atoms with Crippen molar-refractivity contribution in [3.05, 3.63) is 65.2 Å². The molecule has 7 heteroatoms. The number of piperazine rings is 1. The average molecular weight is 362 g/mol. The van der Waals surface area contributed by atoms with Gasteiger partial charge in [0, 0.05) is 32.7 Å². The Morgan fingerprint density at radius 1 is 1.19 bits per heavy atom. The zero-order chi connectivity index (χ0) is 19.1. The Hall–Kier alpha value is -3.37. The van der Waals surface area contributed by atoms with Gasteiger partial charge in [-0.15, -0.1) is 0 Å². The van der Waals surface area contributed by atoms with E-state index in [9.17, 15) is 10.1 Å². The number of amides is 2. The Morgan fingerprint density at radius 3 is 2.59 bits per heavy atom. The molecule has 2 aromatic carbocycles. The minimum atomic E-state index is -0.725. The second-order valence-corrected chi connectivity index (χ2v) is 6.37. The molecule has 1 aliphatic rings. The van der Waals surface area contributed by atoms with Gasteiger partial charge < -0.3 is 10.6 Å². The molecule has 3 N–H and O–H groups in total. The fourth-order valence-electron chi connectivity index (χ4n) is 3.16. The molecular formula is C20H22N6O. The highest BCUT2D eigenvalue weighted by Crippen LogP contribution is 2.23. The summed E-state index contributed by atoms with van der Waals surface area (Å²) in [6, 6.07) is 17.5. The number of hydrogen-bond donors (Lipinski definition) is 2. The summed E-state index contributed by atoms with van der Waals surface area (Å²) in [6.07, 6.45) is 1.47. The summed E-state index contributed by atoms with van der Waals surface area (Å²) in [7, 11) is 0.